The predicted octanol–water partition coefficient (Wildman–Crippen LogP) is 4.00. The third-order valence-corrected chi connectivity index (χ3v) is 6.58. The molecule has 0 bridgehead atoms. The Morgan fingerprint density at radius 3 is 2.69 bits per heavy atom. The van der Waals surface area contributed by atoms with Gasteiger partial charge in [-0.1, -0.05) is 24.6 Å². The summed E-state index contributed by atoms with van der Waals surface area (Å²) < 4.78 is 71.1. The number of carbonyl (C=O) groups excluding carboxylic acids is 1. The first-order chi connectivity index (χ1) is 15.1. The van der Waals surface area contributed by atoms with E-state index in [9.17, 15) is 26.4 Å². The lowest BCUT2D eigenvalue weighted by atomic mass is 10.1. The van der Waals surface area contributed by atoms with Crippen LogP contribution in [0.3, 0.4) is 0 Å². The molecule has 11 heteroatoms. The smallest absolute Gasteiger partial charge is 0.405 e. The molecular weight excluding hydrogens is 447 g/mol. The van der Waals surface area contributed by atoms with Crippen molar-refractivity contribution >= 4 is 27.5 Å². The lowest BCUT2D eigenvalue weighted by Gasteiger charge is -2.29. The maximum absolute atomic E-state index is 12.7. The van der Waals surface area contributed by atoms with E-state index in [0.29, 0.717) is 24.5 Å². The van der Waals surface area contributed by atoms with Crippen LogP contribution in [0, 0.1) is 0 Å². The molecular formula is C21H20F3N3O4S. The first-order valence-electron chi connectivity index (χ1n) is 10.0. The van der Waals surface area contributed by atoms with Gasteiger partial charge in [-0.15, -0.1) is 17.6 Å². The zero-order valence-electron chi connectivity index (χ0n) is 16.9. The van der Waals surface area contributed by atoms with Crippen LogP contribution in [-0.4, -0.2) is 33.1 Å². The molecule has 2 aliphatic heterocycles. The maximum Gasteiger partial charge on any atom is 0.573 e. The lowest BCUT2D eigenvalue weighted by molar-refractivity contribution is -0.274. The van der Waals surface area contributed by atoms with Crippen molar-refractivity contribution in [3.8, 4) is 5.75 Å². The Morgan fingerprint density at radius 2 is 1.91 bits per heavy atom. The minimum absolute atomic E-state index is 0.0587. The van der Waals surface area contributed by atoms with Crippen LogP contribution in [-0.2, 0) is 16.6 Å². The number of ether oxygens (including phenoxy) is 1. The first-order valence-corrected chi connectivity index (χ1v) is 11.5. The third kappa shape index (κ3) is 4.72. The van der Waals surface area contributed by atoms with Crippen LogP contribution >= 0.6 is 0 Å². The van der Waals surface area contributed by atoms with E-state index < -0.39 is 28.0 Å². The fourth-order valence-electron chi connectivity index (χ4n) is 3.77. The number of amidine groups is 1. The summed E-state index contributed by atoms with van der Waals surface area (Å²) in [5, 5.41) is 2.51. The third-order valence-electron chi connectivity index (χ3n) is 5.25. The van der Waals surface area contributed by atoms with E-state index in [0.717, 1.165) is 25.3 Å². The number of anilines is 1. The Kier molecular flexibility index (Phi) is 5.85. The van der Waals surface area contributed by atoms with Crippen LogP contribution < -0.4 is 15.0 Å². The van der Waals surface area contributed by atoms with Crippen molar-refractivity contribution in [3.05, 3.63) is 53.6 Å². The Labute approximate surface area is 182 Å². The SMILES string of the molecule is O=C(NCc1ccccc1OC(F)(F)F)c1ccc2c(c1)S(=O)(=O)N=C1CCCCCN12. The highest BCUT2D eigenvalue weighted by atomic mass is 32.2. The van der Waals surface area contributed by atoms with E-state index in [1.807, 2.05) is 4.90 Å². The molecule has 32 heavy (non-hydrogen) atoms. The number of carbonyl (C=O) groups is 1. The van der Waals surface area contributed by atoms with Gasteiger partial charge in [0, 0.05) is 30.6 Å². The first kappa shape index (κ1) is 22.1. The van der Waals surface area contributed by atoms with E-state index in [4.69, 9.17) is 0 Å². The Bertz CT molecular complexity index is 1180. The average Bonchev–Trinajstić information content (AvgIpc) is 2.96. The van der Waals surface area contributed by atoms with Gasteiger partial charge in [-0.25, -0.2) is 0 Å². The number of amides is 1. The Balaban J connectivity index is 1.55. The van der Waals surface area contributed by atoms with Gasteiger partial charge in [0.1, 0.15) is 16.5 Å². The summed E-state index contributed by atoms with van der Waals surface area (Å²) in [5.41, 5.74) is 0.676. The van der Waals surface area contributed by atoms with Crippen molar-refractivity contribution in [2.24, 2.45) is 4.40 Å². The second kappa shape index (κ2) is 8.45. The monoisotopic (exact) mass is 467 g/mol. The van der Waals surface area contributed by atoms with E-state index >= 15 is 0 Å². The van der Waals surface area contributed by atoms with Gasteiger partial charge in [0.2, 0.25) is 0 Å². The molecule has 2 aliphatic rings. The van der Waals surface area contributed by atoms with Gasteiger partial charge in [-0.05, 0) is 37.1 Å². The molecule has 1 amide bonds. The van der Waals surface area contributed by atoms with Crippen LogP contribution in [0.5, 0.6) is 5.75 Å². The van der Waals surface area contributed by atoms with E-state index in [-0.39, 0.29) is 22.6 Å². The number of benzene rings is 2. The zero-order chi connectivity index (χ0) is 22.9. The number of fused-ring (bicyclic) bond motifs is 3. The number of rotatable bonds is 4. The minimum Gasteiger partial charge on any atom is -0.405 e. The van der Waals surface area contributed by atoms with Gasteiger partial charge < -0.3 is 15.0 Å². The van der Waals surface area contributed by atoms with Crippen molar-refractivity contribution in [1.29, 1.82) is 0 Å². The highest BCUT2D eigenvalue weighted by molar-refractivity contribution is 7.90. The van der Waals surface area contributed by atoms with Crippen LogP contribution in [0.15, 0.2) is 51.8 Å². The molecule has 4 rings (SSSR count). The second-order valence-electron chi connectivity index (χ2n) is 7.47. The van der Waals surface area contributed by atoms with Gasteiger partial charge in [-0.2, -0.15) is 8.42 Å². The normalized spacial score (nSPS) is 17.5. The molecule has 0 saturated carbocycles. The number of para-hydroxylation sites is 1. The molecule has 7 nitrogen and oxygen atoms in total. The van der Waals surface area contributed by atoms with Gasteiger partial charge in [0.15, 0.2) is 0 Å². The van der Waals surface area contributed by atoms with Gasteiger partial charge in [0.05, 0.1) is 5.69 Å². The highest BCUT2D eigenvalue weighted by Gasteiger charge is 2.33. The second-order valence-corrected chi connectivity index (χ2v) is 9.04. The molecule has 1 N–H and O–H groups in total. The molecule has 2 aromatic carbocycles. The molecule has 170 valence electrons. The number of nitrogens with zero attached hydrogens (tertiary/aromatic N) is 2. The van der Waals surface area contributed by atoms with E-state index in [1.54, 1.807) is 6.07 Å². The molecule has 1 saturated heterocycles. The number of nitrogens with one attached hydrogen (secondary N) is 1. The van der Waals surface area contributed by atoms with Gasteiger partial charge >= 0.3 is 6.36 Å². The molecule has 0 aromatic heterocycles. The Hall–Kier alpha value is -3.08. The highest BCUT2D eigenvalue weighted by Crippen LogP contribution is 2.35. The van der Waals surface area contributed by atoms with E-state index in [1.165, 1.54) is 30.3 Å². The van der Waals surface area contributed by atoms with E-state index in [2.05, 4.69) is 14.5 Å². The quantitative estimate of drug-likeness (QED) is 0.735. The summed E-state index contributed by atoms with van der Waals surface area (Å²) in [6.45, 7) is 0.409. The molecule has 0 spiro atoms. The zero-order valence-corrected chi connectivity index (χ0v) is 17.7. The summed E-state index contributed by atoms with van der Waals surface area (Å²) in [4.78, 5) is 14.4. The maximum atomic E-state index is 12.7. The van der Waals surface area contributed by atoms with Crippen LogP contribution in [0.4, 0.5) is 18.9 Å². The van der Waals surface area contributed by atoms with Crippen LogP contribution in [0.25, 0.3) is 0 Å². The average molecular weight is 467 g/mol. The van der Waals surface area contributed by atoms with Crippen molar-refractivity contribution < 1.29 is 31.1 Å². The van der Waals surface area contributed by atoms with Crippen molar-refractivity contribution in [2.45, 2.75) is 43.5 Å². The summed E-state index contributed by atoms with van der Waals surface area (Å²) in [7, 11) is -3.96. The molecule has 0 aliphatic carbocycles. The summed E-state index contributed by atoms with van der Waals surface area (Å²) in [6, 6.07) is 9.78. The summed E-state index contributed by atoms with van der Waals surface area (Å²) in [5.74, 6) is -0.541. The number of hydrogen-bond acceptors (Lipinski definition) is 5. The molecule has 0 unspecified atom stereocenters. The topological polar surface area (TPSA) is 88.1 Å². The summed E-state index contributed by atoms with van der Waals surface area (Å²) in [6.07, 6.45) is -1.55. The lowest BCUT2D eigenvalue weighted by Crippen LogP contribution is -2.35. The summed E-state index contributed by atoms with van der Waals surface area (Å²) >= 11 is 0. The molecule has 2 aromatic rings. The molecule has 2 heterocycles. The van der Waals surface area contributed by atoms with Crippen LogP contribution in [0.1, 0.15) is 41.6 Å². The van der Waals surface area contributed by atoms with Crippen LogP contribution in [0.2, 0.25) is 0 Å². The van der Waals surface area contributed by atoms with Gasteiger partial charge in [0.25, 0.3) is 15.9 Å². The number of alkyl halides is 3. The van der Waals surface area contributed by atoms with Crippen molar-refractivity contribution in [1.82, 2.24) is 5.32 Å². The predicted molar refractivity (Wildman–Crippen MR) is 111 cm³/mol. The van der Waals surface area contributed by atoms with Crippen molar-refractivity contribution in [3.63, 3.8) is 0 Å². The largest absolute Gasteiger partial charge is 0.573 e. The number of sulfonamides is 1. The fourth-order valence-corrected chi connectivity index (χ4v) is 5.06. The molecule has 0 radical (unpaired) electrons. The van der Waals surface area contributed by atoms with Gasteiger partial charge in [-0.3, -0.25) is 4.79 Å². The molecule has 0 atom stereocenters. The Morgan fingerprint density at radius 1 is 1.12 bits per heavy atom. The fraction of sp³-hybridized carbons (Fsp3) is 0.333. The molecule has 1 fully saturated rings. The standard InChI is InChI=1S/C21H20F3N3O4S/c22-21(23,24)31-17-7-4-3-6-15(17)13-25-20(28)14-9-10-16-18(12-14)32(29,30)26-19-8-2-1-5-11-27(16)19/h3-4,6-7,9-10,12H,1-2,5,8,11,13H2,(H,25,28). The van der Waals surface area contributed by atoms with Crippen molar-refractivity contribution in [2.75, 3.05) is 11.4 Å². The number of hydrogen-bond donors (Lipinski definition) is 1. The number of halogens is 3. The minimum atomic E-state index is -4.86.